The van der Waals surface area contributed by atoms with Gasteiger partial charge in [0.1, 0.15) is 12.2 Å². The van der Waals surface area contributed by atoms with E-state index in [-0.39, 0.29) is 0 Å². The lowest BCUT2D eigenvalue weighted by Crippen LogP contribution is -2.08. The van der Waals surface area contributed by atoms with E-state index < -0.39 is 12.2 Å². The van der Waals surface area contributed by atoms with Crippen molar-refractivity contribution in [3.8, 4) is 0 Å². The molecule has 4 nitrogen and oxygen atoms in total. The number of aliphatic hydroxyl groups is 2. The molecule has 0 fully saturated rings. The van der Waals surface area contributed by atoms with Crippen LogP contribution in [0.15, 0.2) is 46.0 Å². The van der Waals surface area contributed by atoms with E-state index in [2.05, 4.69) is 0 Å². The molecule has 0 aliphatic rings. The van der Waals surface area contributed by atoms with Crippen LogP contribution in [0.1, 0.15) is 23.3 Å². The van der Waals surface area contributed by atoms with Gasteiger partial charge in [0, 0.05) is 11.1 Å². The zero-order chi connectivity index (χ0) is 9.97. The molecular weight excluding hydrogens is 184 g/mol. The van der Waals surface area contributed by atoms with E-state index in [1.54, 1.807) is 12.1 Å². The molecule has 2 atom stereocenters. The fourth-order valence-corrected chi connectivity index (χ4v) is 1.25. The minimum Gasteiger partial charge on any atom is -0.472 e. The summed E-state index contributed by atoms with van der Waals surface area (Å²) in [4.78, 5) is 0. The lowest BCUT2D eigenvalue weighted by atomic mass is 10.0. The van der Waals surface area contributed by atoms with Crippen molar-refractivity contribution in [2.24, 2.45) is 0 Å². The molecule has 0 aliphatic heterocycles. The Morgan fingerprint density at radius 2 is 1.29 bits per heavy atom. The first kappa shape index (κ1) is 9.05. The normalized spacial score (nSPS) is 15.3. The second-order valence-corrected chi connectivity index (χ2v) is 3.00. The summed E-state index contributed by atoms with van der Waals surface area (Å²) in [5.41, 5.74) is 1.08. The van der Waals surface area contributed by atoms with Crippen LogP contribution in [0, 0.1) is 0 Å². The molecule has 0 spiro atoms. The fraction of sp³-hybridized carbons (Fsp3) is 0.200. The Labute approximate surface area is 80.4 Å². The van der Waals surface area contributed by atoms with E-state index in [0.29, 0.717) is 11.1 Å². The van der Waals surface area contributed by atoms with E-state index in [1.165, 1.54) is 25.1 Å². The van der Waals surface area contributed by atoms with Gasteiger partial charge in [-0.15, -0.1) is 0 Å². The summed E-state index contributed by atoms with van der Waals surface area (Å²) < 4.78 is 9.62. The second kappa shape index (κ2) is 3.69. The van der Waals surface area contributed by atoms with Gasteiger partial charge in [-0.2, -0.15) is 0 Å². The zero-order valence-electron chi connectivity index (χ0n) is 7.33. The molecular formula is C10H10O4. The lowest BCUT2D eigenvalue weighted by Gasteiger charge is -2.14. The largest absolute Gasteiger partial charge is 0.472 e. The van der Waals surface area contributed by atoms with Crippen LogP contribution in [0.3, 0.4) is 0 Å². The SMILES string of the molecule is O[C@H](c1ccoc1)[C@H](O)c1ccoc1. The molecule has 14 heavy (non-hydrogen) atoms. The van der Waals surface area contributed by atoms with Gasteiger partial charge < -0.3 is 19.0 Å². The molecule has 74 valence electrons. The first-order chi connectivity index (χ1) is 6.79. The Bertz CT molecular complexity index is 324. The summed E-state index contributed by atoms with van der Waals surface area (Å²) in [6, 6.07) is 3.21. The monoisotopic (exact) mass is 194 g/mol. The highest BCUT2D eigenvalue weighted by Gasteiger charge is 2.21. The molecule has 0 saturated carbocycles. The van der Waals surface area contributed by atoms with Crippen molar-refractivity contribution in [1.82, 2.24) is 0 Å². The van der Waals surface area contributed by atoms with Crippen LogP contribution in [0.5, 0.6) is 0 Å². The topological polar surface area (TPSA) is 66.7 Å². The highest BCUT2D eigenvalue weighted by atomic mass is 16.3. The molecule has 2 aromatic heterocycles. The van der Waals surface area contributed by atoms with Crippen LogP contribution in [0.25, 0.3) is 0 Å². The summed E-state index contributed by atoms with van der Waals surface area (Å²) in [7, 11) is 0. The van der Waals surface area contributed by atoms with Gasteiger partial charge in [-0.1, -0.05) is 0 Å². The minimum absolute atomic E-state index is 0.540. The van der Waals surface area contributed by atoms with Crippen LogP contribution in [0.4, 0.5) is 0 Å². The molecule has 0 saturated heterocycles. The van der Waals surface area contributed by atoms with E-state index in [0.717, 1.165) is 0 Å². The summed E-state index contributed by atoms with van der Waals surface area (Å²) in [6.45, 7) is 0. The van der Waals surface area contributed by atoms with Crippen LogP contribution >= 0.6 is 0 Å². The Kier molecular flexibility index (Phi) is 2.39. The van der Waals surface area contributed by atoms with Gasteiger partial charge in [0.2, 0.25) is 0 Å². The molecule has 0 aromatic carbocycles. The third kappa shape index (κ3) is 1.57. The van der Waals surface area contributed by atoms with Gasteiger partial charge in [0.05, 0.1) is 25.1 Å². The molecule has 4 heteroatoms. The van der Waals surface area contributed by atoms with E-state index in [4.69, 9.17) is 8.83 Å². The average Bonchev–Trinajstić information content (AvgIpc) is 2.87. The van der Waals surface area contributed by atoms with Gasteiger partial charge in [0.15, 0.2) is 0 Å². The van der Waals surface area contributed by atoms with Gasteiger partial charge in [-0.3, -0.25) is 0 Å². The van der Waals surface area contributed by atoms with Crippen molar-refractivity contribution in [2.45, 2.75) is 12.2 Å². The van der Waals surface area contributed by atoms with Crippen molar-refractivity contribution in [1.29, 1.82) is 0 Å². The predicted molar refractivity (Wildman–Crippen MR) is 47.3 cm³/mol. The summed E-state index contributed by atoms with van der Waals surface area (Å²) in [5.74, 6) is 0. The highest BCUT2D eigenvalue weighted by Crippen LogP contribution is 2.28. The lowest BCUT2D eigenvalue weighted by molar-refractivity contribution is 0.0165. The molecule has 0 amide bonds. The first-order valence-corrected chi connectivity index (χ1v) is 4.19. The van der Waals surface area contributed by atoms with Crippen LogP contribution in [-0.2, 0) is 0 Å². The molecule has 2 rings (SSSR count). The minimum atomic E-state index is -0.994. The highest BCUT2D eigenvalue weighted by molar-refractivity contribution is 5.18. The maximum atomic E-state index is 9.70. The Morgan fingerprint density at radius 3 is 1.57 bits per heavy atom. The van der Waals surface area contributed by atoms with Crippen molar-refractivity contribution in [3.05, 3.63) is 48.3 Å². The quantitative estimate of drug-likeness (QED) is 0.779. The van der Waals surface area contributed by atoms with Gasteiger partial charge in [-0.05, 0) is 12.1 Å². The Balaban J connectivity index is 2.16. The van der Waals surface area contributed by atoms with E-state index in [9.17, 15) is 10.2 Å². The van der Waals surface area contributed by atoms with Crippen molar-refractivity contribution in [3.63, 3.8) is 0 Å². The van der Waals surface area contributed by atoms with Crippen LogP contribution < -0.4 is 0 Å². The number of rotatable bonds is 3. The van der Waals surface area contributed by atoms with Gasteiger partial charge in [0.25, 0.3) is 0 Å². The number of hydrogen-bond acceptors (Lipinski definition) is 4. The van der Waals surface area contributed by atoms with Crippen molar-refractivity contribution < 1.29 is 19.0 Å². The average molecular weight is 194 g/mol. The standard InChI is InChI=1S/C10H10O4/c11-9(7-1-3-13-5-7)10(12)8-2-4-14-6-8/h1-6,9-12H/t9-,10-/m1/s1. The fourth-order valence-electron chi connectivity index (χ4n) is 1.25. The van der Waals surface area contributed by atoms with E-state index >= 15 is 0 Å². The van der Waals surface area contributed by atoms with Gasteiger partial charge >= 0.3 is 0 Å². The number of hydrogen-bond donors (Lipinski definition) is 2. The Morgan fingerprint density at radius 1 is 0.857 bits per heavy atom. The molecule has 2 aromatic rings. The second-order valence-electron chi connectivity index (χ2n) is 3.00. The zero-order valence-corrected chi connectivity index (χ0v) is 7.33. The maximum absolute atomic E-state index is 9.70. The third-order valence-corrected chi connectivity index (χ3v) is 2.07. The first-order valence-electron chi connectivity index (χ1n) is 4.19. The third-order valence-electron chi connectivity index (χ3n) is 2.07. The number of aliphatic hydroxyl groups excluding tert-OH is 2. The number of furan rings is 2. The molecule has 0 radical (unpaired) electrons. The van der Waals surface area contributed by atoms with Crippen molar-refractivity contribution in [2.75, 3.05) is 0 Å². The summed E-state index contributed by atoms with van der Waals surface area (Å²) in [5, 5.41) is 19.4. The predicted octanol–water partition coefficient (Wildman–Crippen LogP) is 1.64. The Hall–Kier alpha value is -1.52. The van der Waals surface area contributed by atoms with Gasteiger partial charge in [-0.25, -0.2) is 0 Å². The smallest absolute Gasteiger partial charge is 0.112 e. The summed E-state index contributed by atoms with van der Waals surface area (Å²) >= 11 is 0. The van der Waals surface area contributed by atoms with Crippen molar-refractivity contribution >= 4 is 0 Å². The van der Waals surface area contributed by atoms with Crippen LogP contribution in [0.2, 0.25) is 0 Å². The molecule has 0 unspecified atom stereocenters. The van der Waals surface area contributed by atoms with E-state index in [1.807, 2.05) is 0 Å². The maximum Gasteiger partial charge on any atom is 0.112 e. The molecule has 2 N–H and O–H groups in total. The molecule has 0 bridgehead atoms. The molecule has 0 aliphatic carbocycles. The van der Waals surface area contributed by atoms with Crippen LogP contribution in [-0.4, -0.2) is 10.2 Å². The summed E-state index contributed by atoms with van der Waals surface area (Å²) in [6.07, 6.45) is 3.70. The molecule has 2 heterocycles.